The van der Waals surface area contributed by atoms with Crippen LogP contribution in [0.3, 0.4) is 0 Å². The number of piperazine rings is 1. The van der Waals surface area contributed by atoms with E-state index in [0.29, 0.717) is 52.2 Å². The molecule has 2 heterocycles. The van der Waals surface area contributed by atoms with Gasteiger partial charge in [0.05, 0.1) is 19.7 Å². The lowest BCUT2D eigenvalue weighted by molar-refractivity contribution is -0.138. The quantitative estimate of drug-likeness (QED) is 0.734. The van der Waals surface area contributed by atoms with Gasteiger partial charge in [-0.3, -0.25) is 19.3 Å². The van der Waals surface area contributed by atoms with Crippen LogP contribution < -0.4 is 15.4 Å². The first-order valence-corrected chi connectivity index (χ1v) is 11.7. The lowest BCUT2D eigenvalue weighted by Crippen LogP contribution is -2.50. The van der Waals surface area contributed by atoms with Crippen LogP contribution in [-0.2, 0) is 27.3 Å². The molecule has 32 heavy (non-hydrogen) atoms. The maximum absolute atomic E-state index is 12.5. The van der Waals surface area contributed by atoms with Gasteiger partial charge in [-0.1, -0.05) is 12.1 Å². The number of carbonyl (C=O) groups excluding carboxylic acids is 3. The second kappa shape index (κ2) is 11.9. The van der Waals surface area contributed by atoms with E-state index in [1.54, 1.807) is 4.90 Å². The maximum atomic E-state index is 12.5. The zero-order valence-corrected chi connectivity index (χ0v) is 19.3. The highest BCUT2D eigenvalue weighted by Crippen LogP contribution is 2.24. The monoisotopic (exact) mass is 444 g/mol. The molecule has 0 aliphatic carbocycles. The zero-order valence-electron chi connectivity index (χ0n) is 19.3. The van der Waals surface area contributed by atoms with Crippen molar-refractivity contribution in [2.24, 2.45) is 0 Å². The van der Waals surface area contributed by atoms with Crippen LogP contribution in [0.15, 0.2) is 18.2 Å². The molecule has 2 N–H and O–H groups in total. The summed E-state index contributed by atoms with van der Waals surface area (Å²) in [7, 11) is 0. The molecule has 0 bridgehead atoms. The predicted octanol–water partition coefficient (Wildman–Crippen LogP) is 1.47. The topological polar surface area (TPSA) is 91.0 Å². The summed E-state index contributed by atoms with van der Waals surface area (Å²) >= 11 is 0. The minimum Gasteiger partial charge on any atom is -0.493 e. The number of nitrogens with one attached hydrogen (secondary N) is 2. The molecule has 0 radical (unpaired) electrons. The van der Waals surface area contributed by atoms with Gasteiger partial charge < -0.3 is 20.3 Å². The Morgan fingerprint density at radius 3 is 2.59 bits per heavy atom. The van der Waals surface area contributed by atoms with Crippen LogP contribution in [0.5, 0.6) is 5.75 Å². The number of benzene rings is 1. The van der Waals surface area contributed by atoms with Crippen molar-refractivity contribution in [3.63, 3.8) is 0 Å². The summed E-state index contributed by atoms with van der Waals surface area (Å²) in [5, 5.41) is 5.76. The number of hydrogen-bond acceptors (Lipinski definition) is 5. The van der Waals surface area contributed by atoms with Gasteiger partial charge >= 0.3 is 0 Å². The number of fused-ring (bicyclic) bond motifs is 1. The molecule has 0 saturated carbocycles. The molecule has 1 fully saturated rings. The summed E-state index contributed by atoms with van der Waals surface area (Å²) in [6.45, 7) is 7.69. The van der Waals surface area contributed by atoms with Crippen molar-refractivity contribution in [1.82, 2.24) is 20.4 Å². The predicted molar refractivity (Wildman–Crippen MR) is 122 cm³/mol. The third-order valence-corrected chi connectivity index (χ3v) is 5.99. The fraction of sp³-hybridized carbons (Fsp3) is 0.625. The Morgan fingerprint density at radius 2 is 1.81 bits per heavy atom. The van der Waals surface area contributed by atoms with Gasteiger partial charge in [-0.2, -0.15) is 0 Å². The molecular formula is C24H36N4O4. The van der Waals surface area contributed by atoms with E-state index in [1.807, 2.05) is 12.1 Å². The zero-order chi connectivity index (χ0) is 22.9. The number of ether oxygens (including phenoxy) is 1. The molecule has 0 aromatic heterocycles. The maximum Gasteiger partial charge on any atom is 0.239 e. The van der Waals surface area contributed by atoms with E-state index in [-0.39, 0.29) is 30.3 Å². The third kappa shape index (κ3) is 7.22. The second-order valence-corrected chi connectivity index (χ2v) is 8.87. The molecule has 0 atom stereocenters. The second-order valence-electron chi connectivity index (χ2n) is 8.87. The first kappa shape index (κ1) is 24.0. The number of nitrogens with zero attached hydrogens (tertiary/aromatic N) is 2. The highest BCUT2D eigenvalue weighted by molar-refractivity contribution is 5.86. The standard InChI is InChI=1S/C24H36N4O4/c1-18(2)28-15-20-14-19(7-9-24(31)27-12-11-26-22(29)16-27)6-8-21(20)32-13-5-3-4-10-25-23(30)17-28/h6,8,14,18H,3-5,7,9-13,15-17H2,1-2H3,(H,25,30)(H,26,29). The van der Waals surface area contributed by atoms with Crippen molar-refractivity contribution in [2.75, 3.05) is 39.3 Å². The highest BCUT2D eigenvalue weighted by Gasteiger charge is 2.21. The van der Waals surface area contributed by atoms with E-state index in [4.69, 9.17) is 4.74 Å². The van der Waals surface area contributed by atoms with Crippen LogP contribution in [-0.4, -0.2) is 72.9 Å². The minimum absolute atomic E-state index is 0.000552. The first-order valence-electron chi connectivity index (χ1n) is 11.7. The smallest absolute Gasteiger partial charge is 0.239 e. The third-order valence-electron chi connectivity index (χ3n) is 5.99. The van der Waals surface area contributed by atoms with Crippen LogP contribution in [0.1, 0.15) is 50.7 Å². The number of hydrogen-bond donors (Lipinski definition) is 2. The van der Waals surface area contributed by atoms with Crippen LogP contribution >= 0.6 is 0 Å². The number of aryl methyl sites for hydroxylation is 1. The van der Waals surface area contributed by atoms with Gasteiger partial charge in [0, 0.05) is 44.2 Å². The van der Waals surface area contributed by atoms with Gasteiger partial charge in [0.25, 0.3) is 0 Å². The SMILES string of the molecule is CC(C)N1CC(=O)NCCCCCOc2ccc(CCC(=O)N3CCNC(=O)C3)cc2C1. The molecule has 1 saturated heterocycles. The molecule has 0 unspecified atom stereocenters. The summed E-state index contributed by atoms with van der Waals surface area (Å²) in [6, 6.07) is 6.30. The summed E-state index contributed by atoms with van der Waals surface area (Å²) in [5.41, 5.74) is 2.09. The summed E-state index contributed by atoms with van der Waals surface area (Å²) in [4.78, 5) is 40.2. The first-order chi connectivity index (χ1) is 15.4. The van der Waals surface area contributed by atoms with E-state index >= 15 is 0 Å². The molecule has 0 spiro atoms. The Kier molecular flexibility index (Phi) is 8.90. The molecule has 2 aliphatic rings. The van der Waals surface area contributed by atoms with Gasteiger partial charge in [-0.15, -0.1) is 0 Å². The average molecular weight is 445 g/mol. The Bertz CT molecular complexity index is 811. The lowest BCUT2D eigenvalue weighted by atomic mass is 10.0. The van der Waals surface area contributed by atoms with Crippen LogP contribution in [0.2, 0.25) is 0 Å². The molecule has 8 heteroatoms. The van der Waals surface area contributed by atoms with Crippen LogP contribution in [0.25, 0.3) is 0 Å². The average Bonchev–Trinajstić information content (AvgIpc) is 2.78. The molecule has 8 nitrogen and oxygen atoms in total. The van der Waals surface area contributed by atoms with Crippen LogP contribution in [0.4, 0.5) is 0 Å². The van der Waals surface area contributed by atoms with Crippen molar-refractivity contribution in [2.45, 2.75) is 58.5 Å². The highest BCUT2D eigenvalue weighted by atomic mass is 16.5. The summed E-state index contributed by atoms with van der Waals surface area (Å²) < 4.78 is 6.09. The number of carbonyl (C=O) groups is 3. The van der Waals surface area contributed by atoms with Crippen molar-refractivity contribution in [3.05, 3.63) is 29.3 Å². The fourth-order valence-electron chi connectivity index (χ4n) is 4.01. The Morgan fingerprint density at radius 1 is 1.03 bits per heavy atom. The van der Waals surface area contributed by atoms with E-state index < -0.39 is 0 Å². The van der Waals surface area contributed by atoms with E-state index in [2.05, 4.69) is 35.4 Å². The van der Waals surface area contributed by atoms with E-state index in [9.17, 15) is 14.4 Å². The van der Waals surface area contributed by atoms with E-state index in [0.717, 1.165) is 36.1 Å². The van der Waals surface area contributed by atoms with E-state index in [1.165, 1.54) is 0 Å². The van der Waals surface area contributed by atoms with Crippen molar-refractivity contribution in [1.29, 1.82) is 0 Å². The summed E-state index contributed by atoms with van der Waals surface area (Å²) in [5.74, 6) is 0.793. The van der Waals surface area contributed by atoms with Crippen molar-refractivity contribution in [3.8, 4) is 5.75 Å². The Hall–Kier alpha value is -2.61. The minimum atomic E-state index is -0.102. The Labute approximate surface area is 190 Å². The molecule has 3 amide bonds. The van der Waals surface area contributed by atoms with Crippen LogP contribution in [0, 0.1) is 0 Å². The normalized spacial score (nSPS) is 19.0. The molecule has 1 aromatic carbocycles. The van der Waals surface area contributed by atoms with Gasteiger partial charge in [-0.25, -0.2) is 0 Å². The van der Waals surface area contributed by atoms with Crippen molar-refractivity contribution < 1.29 is 19.1 Å². The van der Waals surface area contributed by atoms with Gasteiger partial charge in [0.2, 0.25) is 17.7 Å². The van der Waals surface area contributed by atoms with Gasteiger partial charge in [-0.05, 0) is 51.2 Å². The summed E-state index contributed by atoms with van der Waals surface area (Å²) in [6.07, 6.45) is 3.88. The largest absolute Gasteiger partial charge is 0.493 e. The molecule has 2 aliphatic heterocycles. The molecular weight excluding hydrogens is 408 g/mol. The number of rotatable bonds is 4. The molecule has 3 rings (SSSR count). The Balaban J connectivity index is 1.71. The van der Waals surface area contributed by atoms with Gasteiger partial charge in [0.15, 0.2) is 0 Å². The molecule has 1 aromatic rings. The number of amides is 3. The molecule has 176 valence electrons. The fourth-order valence-corrected chi connectivity index (χ4v) is 4.01. The lowest BCUT2D eigenvalue weighted by Gasteiger charge is -2.27. The van der Waals surface area contributed by atoms with Gasteiger partial charge in [0.1, 0.15) is 5.75 Å². The van der Waals surface area contributed by atoms with Crippen molar-refractivity contribution >= 4 is 17.7 Å².